The maximum Gasteiger partial charge on any atom is 0.251 e. The van der Waals surface area contributed by atoms with Crippen LogP contribution in [0.1, 0.15) is 28.6 Å². The molecule has 0 spiro atoms. The number of thioether (sulfide) groups is 1. The van der Waals surface area contributed by atoms with Gasteiger partial charge >= 0.3 is 0 Å². The van der Waals surface area contributed by atoms with Crippen molar-refractivity contribution in [3.05, 3.63) is 59.9 Å². The van der Waals surface area contributed by atoms with Gasteiger partial charge in [-0.1, -0.05) is 18.2 Å². The Morgan fingerprint density at radius 1 is 1.23 bits per heavy atom. The SMILES string of the molecule is CSCC[C@H](NC(=O)c1cccc(N(C)C)c1)c1nc2ccccc2[nH]1. The van der Waals surface area contributed by atoms with E-state index in [1.165, 1.54) is 0 Å². The predicted octanol–water partition coefficient (Wildman–Crippen LogP) is 3.85. The summed E-state index contributed by atoms with van der Waals surface area (Å²) in [6, 6.07) is 15.4. The number of benzene rings is 2. The number of nitrogens with zero attached hydrogens (tertiary/aromatic N) is 2. The molecule has 0 bridgehead atoms. The van der Waals surface area contributed by atoms with Gasteiger partial charge in [-0.05, 0) is 48.8 Å². The Bertz CT molecular complexity index is 857. The first kappa shape index (κ1) is 18.3. The molecule has 0 saturated carbocycles. The quantitative estimate of drug-likeness (QED) is 0.665. The third-order valence-corrected chi connectivity index (χ3v) is 4.92. The van der Waals surface area contributed by atoms with Crippen molar-refractivity contribution in [2.45, 2.75) is 12.5 Å². The van der Waals surface area contributed by atoms with E-state index in [0.717, 1.165) is 34.7 Å². The Labute approximate surface area is 158 Å². The number of rotatable bonds is 7. The van der Waals surface area contributed by atoms with Crippen molar-refractivity contribution in [3.63, 3.8) is 0 Å². The van der Waals surface area contributed by atoms with Gasteiger partial charge in [0.25, 0.3) is 5.91 Å². The molecule has 0 unspecified atom stereocenters. The number of imidazole rings is 1. The van der Waals surface area contributed by atoms with Gasteiger partial charge in [-0.15, -0.1) is 0 Å². The van der Waals surface area contributed by atoms with Gasteiger partial charge in [0.05, 0.1) is 17.1 Å². The zero-order valence-corrected chi connectivity index (χ0v) is 16.1. The molecule has 1 aromatic heterocycles. The van der Waals surface area contributed by atoms with E-state index in [1.54, 1.807) is 11.8 Å². The molecule has 6 heteroatoms. The van der Waals surface area contributed by atoms with Crippen LogP contribution in [0.2, 0.25) is 0 Å². The molecule has 2 N–H and O–H groups in total. The summed E-state index contributed by atoms with van der Waals surface area (Å²) in [5.74, 6) is 1.66. The molecule has 0 aliphatic rings. The second-order valence-electron chi connectivity index (χ2n) is 6.39. The van der Waals surface area contributed by atoms with Gasteiger partial charge in [0.1, 0.15) is 5.82 Å². The predicted molar refractivity (Wildman–Crippen MR) is 110 cm³/mol. The molecule has 0 radical (unpaired) electrons. The number of carbonyl (C=O) groups excluding carboxylic acids is 1. The van der Waals surface area contributed by atoms with E-state index in [2.05, 4.69) is 21.5 Å². The van der Waals surface area contributed by atoms with Crippen molar-refractivity contribution >= 4 is 34.4 Å². The van der Waals surface area contributed by atoms with Crippen LogP contribution in [0.25, 0.3) is 11.0 Å². The van der Waals surface area contributed by atoms with Crippen LogP contribution in [0, 0.1) is 0 Å². The van der Waals surface area contributed by atoms with Gasteiger partial charge in [-0.3, -0.25) is 4.79 Å². The molecule has 3 aromatic rings. The summed E-state index contributed by atoms with van der Waals surface area (Å²) < 4.78 is 0. The number of hydrogen-bond donors (Lipinski definition) is 2. The highest BCUT2D eigenvalue weighted by atomic mass is 32.2. The van der Waals surface area contributed by atoms with Crippen LogP contribution in [0.15, 0.2) is 48.5 Å². The number of aromatic nitrogens is 2. The van der Waals surface area contributed by atoms with E-state index >= 15 is 0 Å². The Morgan fingerprint density at radius 2 is 2.04 bits per heavy atom. The number of hydrogen-bond acceptors (Lipinski definition) is 4. The van der Waals surface area contributed by atoms with Gasteiger partial charge in [0.15, 0.2) is 0 Å². The fourth-order valence-electron chi connectivity index (χ4n) is 2.82. The van der Waals surface area contributed by atoms with Gasteiger partial charge < -0.3 is 15.2 Å². The second-order valence-corrected chi connectivity index (χ2v) is 7.38. The standard InChI is InChI=1S/C20H24N4OS/c1-24(2)15-8-6-7-14(13-15)20(25)23-18(11-12-26-3)19-21-16-9-4-5-10-17(16)22-19/h4-10,13,18H,11-12H2,1-3H3,(H,21,22)(H,23,25)/t18-/m0/s1. The molecule has 3 rings (SSSR count). The number of H-pyrrole nitrogens is 1. The van der Waals surface area contributed by atoms with Gasteiger partial charge in [0.2, 0.25) is 0 Å². The van der Waals surface area contributed by atoms with Crippen LogP contribution >= 0.6 is 11.8 Å². The van der Waals surface area contributed by atoms with Crippen molar-refractivity contribution < 1.29 is 4.79 Å². The zero-order chi connectivity index (χ0) is 18.5. The lowest BCUT2D eigenvalue weighted by molar-refractivity contribution is 0.0934. The lowest BCUT2D eigenvalue weighted by Crippen LogP contribution is -2.30. The van der Waals surface area contributed by atoms with Gasteiger partial charge in [-0.25, -0.2) is 4.98 Å². The fraction of sp³-hybridized carbons (Fsp3) is 0.300. The number of aromatic amines is 1. The molecule has 26 heavy (non-hydrogen) atoms. The summed E-state index contributed by atoms with van der Waals surface area (Å²) in [4.78, 5) is 22.8. The summed E-state index contributed by atoms with van der Waals surface area (Å²) in [7, 11) is 3.93. The molecule has 2 aromatic carbocycles. The number of nitrogens with one attached hydrogen (secondary N) is 2. The zero-order valence-electron chi connectivity index (χ0n) is 15.3. The lowest BCUT2D eigenvalue weighted by atomic mass is 10.1. The van der Waals surface area contributed by atoms with Crippen molar-refractivity contribution in [2.75, 3.05) is 31.0 Å². The first-order valence-corrected chi connectivity index (χ1v) is 9.99. The Balaban J connectivity index is 1.83. The molecule has 0 aliphatic heterocycles. The van der Waals surface area contributed by atoms with Crippen molar-refractivity contribution in [3.8, 4) is 0 Å². The molecular weight excluding hydrogens is 344 g/mol. The smallest absolute Gasteiger partial charge is 0.251 e. The van der Waals surface area contributed by atoms with Gasteiger partial charge in [-0.2, -0.15) is 11.8 Å². The summed E-state index contributed by atoms with van der Waals surface area (Å²) >= 11 is 1.76. The topological polar surface area (TPSA) is 61.0 Å². The van der Waals surface area contributed by atoms with Crippen LogP contribution in [-0.2, 0) is 0 Å². The minimum atomic E-state index is -0.148. The van der Waals surface area contributed by atoms with Crippen LogP contribution in [0.5, 0.6) is 0 Å². The molecule has 1 heterocycles. The minimum absolute atomic E-state index is 0.0831. The third-order valence-electron chi connectivity index (χ3n) is 4.28. The monoisotopic (exact) mass is 368 g/mol. The van der Waals surface area contributed by atoms with E-state index < -0.39 is 0 Å². The summed E-state index contributed by atoms with van der Waals surface area (Å²) in [6.45, 7) is 0. The maximum atomic E-state index is 12.8. The number of carbonyl (C=O) groups is 1. The minimum Gasteiger partial charge on any atom is -0.378 e. The summed E-state index contributed by atoms with van der Waals surface area (Å²) in [5, 5.41) is 3.15. The first-order valence-electron chi connectivity index (χ1n) is 8.60. The van der Waals surface area contributed by atoms with Gasteiger partial charge in [0, 0.05) is 25.3 Å². The molecule has 136 valence electrons. The van der Waals surface area contributed by atoms with Crippen molar-refractivity contribution in [1.82, 2.24) is 15.3 Å². The molecule has 5 nitrogen and oxygen atoms in total. The fourth-order valence-corrected chi connectivity index (χ4v) is 3.29. The number of fused-ring (bicyclic) bond motifs is 1. The average Bonchev–Trinajstić information content (AvgIpc) is 3.09. The van der Waals surface area contributed by atoms with Crippen LogP contribution in [-0.4, -0.2) is 42.0 Å². The third kappa shape index (κ3) is 4.19. The summed E-state index contributed by atoms with van der Waals surface area (Å²) in [6.07, 6.45) is 2.89. The van der Waals surface area contributed by atoms with Crippen molar-refractivity contribution in [1.29, 1.82) is 0 Å². The van der Waals surface area contributed by atoms with E-state index in [9.17, 15) is 4.79 Å². The second kappa shape index (κ2) is 8.27. The lowest BCUT2D eigenvalue weighted by Gasteiger charge is -2.18. The van der Waals surface area contributed by atoms with Crippen LogP contribution in [0.4, 0.5) is 5.69 Å². The Kier molecular flexibility index (Phi) is 5.83. The number of anilines is 1. The molecule has 1 atom stereocenters. The average molecular weight is 369 g/mol. The number of para-hydroxylation sites is 2. The van der Waals surface area contributed by atoms with Crippen molar-refractivity contribution in [2.24, 2.45) is 0 Å². The highest BCUT2D eigenvalue weighted by molar-refractivity contribution is 7.98. The number of amides is 1. The highest BCUT2D eigenvalue weighted by Gasteiger charge is 2.19. The normalized spacial score (nSPS) is 12.1. The Morgan fingerprint density at radius 3 is 2.77 bits per heavy atom. The molecule has 1 amide bonds. The molecule has 0 aliphatic carbocycles. The first-order chi connectivity index (χ1) is 12.6. The van der Waals surface area contributed by atoms with E-state index in [-0.39, 0.29) is 11.9 Å². The molecule has 0 fully saturated rings. The Hall–Kier alpha value is -2.47. The molecular formula is C20H24N4OS. The largest absolute Gasteiger partial charge is 0.378 e. The van der Waals surface area contributed by atoms with E-state index in [4.69, 9.17) is 0 Å². The van der Waals surface area contributed by atoms with Crippen LogP contribution in [0.3, 0.4) is 0 Å². The van der Waals surface area contributed by atoms with E-state index in [1.807, 2.05) is 67.5 Å². The maximum absolute atomic E-state index is 12.8. The van der Waals surface area contributed by atoms with Crippen LogP contribution < -0.4 is 10.2 Å². The molecule has 0 saturated heterocycles. The summed E-state index contributed by atoms with van der Waals surface area (Å²) in [5.41, 5.74) is 3.56. The van der Waals surface area contributed by atoms with E-state index in [0.29, 0.717) is 5.56 Å². The highest BCUT2D eigenvalue weighted by Crippen LogP contribution is 2.21.